The maximum Gasteiger partial charge on any atom is 0.281 e. The summed E-state index contributed by atoms with van der Waals surface area (Å²) in [5, 5.41) is 28.6. The Bertz CT molecular complexity index is 1130. The molecule has 0 aliphatic carbocycles. The predicted molar refractivity (Wildman–Crippen MR) is 109 cm³/mol. The lowest BCUT2D eigenvalue weighted by Crippen LogP contribution is -2.16. The molecule has 1 heterocycles. The summed E-state index contributed by atoms with van der Waals surface area (Å²) in [6.45, 7) is 4.81. The molecule has 0 radical (unpaired) electrons. The van der Waals surface area contributed by atoms with E-state index < -0.39 is 27.1 Å². The van der Waals surface area contributed by atoms with Crippen LogP contribution >= 0.6 is 0 Å². The third-order valence-electron chi connectivity index (χ3n) is 4.61. The van der Waals surface area contributed by atoms with E-state index in [1.54, 1.807) is 19.1 Å². The van der Waals surface area contributed by atoms with Crippen molar-refractivity contribution in [1.29, 1.82) is 0 Å². The van der Waals surface area contributed by atoms with E-state index >= 15 is 0 Å². The zero-order valence-corrected chi connectivity index (χ0v) is 16.9. The number of ether oxygens (including phenoxy) is 1. The van der Waals surface area contributed by atoms with Crippen molar-refractivity contribution in [2.75, 3.05) is 5.32 Å². The average molecular weight is 426 g/mol. The molecular weight excluding hydrogens is 408 g/mol. The Balaban J connectivity index is 1.85. The van der Waals surface area contributed by atoms with Gasteiger partial charge in [0.05, 0.1) is 21.1 Å². The second-order valence-electron chi connectivity index (χ2n) is 6.78. The Kier molecular flexibility index (Phi) is 5.95. The largest absolute Gasteiger partial charge is 0.489 e. The summed E-state index contributed by atoms with van der Waals surface area (Å²) in [5.74, 6) is 0.201. The number of amides is 1. The van der Waals surface area contributed by atoms with Gasteiger partial charge in [-0.3, -0.25) is 25.0 Å². The lowest BCUT2D eigenvalue weighted by Gasteiger charge is -2.08. The van der Waals surface area contributed by atoms with Crippen LogP contribution in [0, 0.1) is 41.0 Å². The maximum absolute atomic E-state index is 12.7. The lowest BCUT2D eigenvalue weighted by molar-refractivity contribution is -0.395. The SMILES string of the molecule is Cc1ccc(OCc2c(C(=O)Nc3cc([N+](=O)[O-])c(C)c([N+](=O)[O-])c3)noc2C)cc1. The molecule has 1 N–H and O–H groups in total. The van der Waals surface area contributed by atoms with Crippen molar-refractivity contribution in [2.24, 2.45) is 0 Å². The Morgan fingerprint density at radius 1 is 1.06 bits per heavy atom. The number of aryl methyl sites for hydroxylation is 2. The van der Waals surface area contributed by atoms with Crippen molar-refractivity contribution in [1.82, 2.24) is 5.16 Å². The zero-order chi connectivity index (χ0) is 22.7. The highest BCUT2D eigenvalue weighted by atomic mass is 16.6. The van der Waals surface area contributed by atoms with Crippen LogP contribution in [0.4, 0.5) is 17.1 Å². The van der Waals surface area contributed by atoms with Crippen molar-refractivity contribution < 1.29 is 23.9 Å². The molecule has 3 aromatic rings. The highest BCUT2D eigenvalue weighted by molar-refractivity contribution is 6.04. The molecule has 2 aromatic carbocycles. The number of nitro benzene ring substituents is 2. The van der Waals surface area contributed by atoms with Crippen molar-refractivity contribution in [3.05, 3.63) is 84.8 Å². The van der Waals surface area contributed by atoms with Gasteiger partial charge < -0.3 is 14.6 Å². The molecular formula is C20H18N4O7. The normalized spacial score (nSPS) is 10.5. The Labute approximate surface area is 175 Å². The van der Waals surface area contributed by atoms with Crippen LogP contribution in [0.2, 0.25) is 0 Å². The van der Waals surface area contributed by atoms with Gasteiger partial charge in [0.15, 0.2) is 5.69 Å². The van der Waals surface area contributed by atoms with E-state index in [2.05, 4.69) is 10.5 Å². The smallest absolute Gasteiger partial charge is 0.281 e. The van der Waals surface area contributed by atoms with Gasteiger partial charge in [0, 0.05) is 12.1 Å². The maximum atomic E-state index is 12.7. The van der Waals surface area contributed by atoms with Crippen molar-refractivity contribution >= 4 is 23.0 Å². The number of hydrogen-bond acceptors (Lipinski definition) is 8. The number of rotatable bonds is 7. The van der Waals surface area contributed by atoms with Crippen molar-refractivity contribution in [3.8, 4) is 5.75 Å². The highest BCUT2D eigenvalue weighted by Crippen LogP contribution is 2.32. The van der Waals surface area contributed by atoms with E-state index in [1.807, 2.05) is 19.1 Å². The van der Waals surface area contributed by atoms with Gasteiger partial charge in [-0.15, -0.1) is 0 Å². The van der Waals surface area contributed by atoms with Gasteiger partial charge in [-0.2, -0.15) is 0 Å². The van der Waals surface area contributed by atoms with Crippen molar-refractivity contribution in [2.45, 2.75) is 27.4 Å². The van der Waals surface area contributed by atoms with Crippen LogP contribution in [0.1, 0.15) is 32.9 Å². The quantitative estimate of drug-likeness (QED) is 0.435. The van der Waals surface area contributed by atoms with Gasteiger partial charge in [0.2, 0.25) is 0 Å². The Morgan fingerprint density at radius 2 is 1.65 bits per heavy atom. The zero-order valence-electron chi connectivity index (χ0n) is 16.9. The first-order valence-corrected chi connectivity index (χ1v) is 9.06. The molecule has 11 nitrogen and oxygen atoms in total. The van der Waals surface area contributed by atoms with Crippen LogP contribution in [0.3, 0.4) is 0 Å². The number of carbonyl (C=O) groups is 1. The summed E-state index contributed by atoms with van der Waals surface area (Å²) in [5.41, 5.74) is 0.171. The minimum Gasteiger partial charge on any atom is -0.489 e. The van der Waals surface area contributed by atoms with E-state index in [-0.39, 0.29) is 23.6 Å². The van der Waals surface area contributed by atoms with E-state index in [0.717, 1.165) is 17.7 Å². The van der Waals surface area contributed by atoms with Crippen LogP contribution in [0.25, 0.3) is 0 Å². The molecule has 1 aromatic heterocycles. The molecule has 11 heteroatoms. The molecule has 3 rings (SSSR count). The fourth-order valence-electron chi connectivity index (χ4n) is 2.86. The number of aromatic nitrogens is 1. The van der Waals surface area contributed by atoms with E-state index in [4.69, 9.17) is 9.26 Å². The molecule has 0 unspecified atom stereocenters. The van der Waals surface area contributed by atoms with E-state index in [0.29, 0.717) is 17.1 Å². The first-order valence-electron chi connectivity index (χ1n) is 9.06. The third kappa shape index (κ3) is 4.66. The Morgan fingerprint density at radius 3 is 2.19 bits per heavy atom. The summed E-state index contributed by atoms with van der Waals surface area (Å²) >= 11 is 0. The van der Waals surface area contributed by atoms with E-state index in [1.165, 1.54) is 6.92 Å². The predicted octanol–water partition coefficient (Wildman–Crippen LogP) is 4.25. The molecule has 0 fully saturated rings. The molecule has 0 saturated heterocycles. The number of anilines is 1. The molecule has 0 aliphatic heterocycles. The molecule has 0 bridgehead atoms. The topological polar surface area (TPSA) is 151 Å². The summed E-state index contributed by atoms with van der Waals surface area (Å²) in [7, 11) is 0. The number of nitro groups is 2. The van der Waals surface area contributed by atoms with E-state index in [9.17, 15) is 25.0 Å². The lowest BCUT2D eigenvalue weighted by atomic mass is 10.1. The number of carbonyl (C=O) groups excluding carboxylic acids is 1. The first kappa shape index (κ1) is 21.4. The monoisotopic (exact) mass is 426 g/mol. The molecule has 0 aliphatic rings. The standard InChI is InChI=1S/C20H18N4O7/c1-11-4-6-15(7-5-11)30-10-16-13(3)31-22-19(16)20(25)21-14-8-17(23(26)27)12(2)18(9-14)24(28)29/h4-9H,10H2,1-3H3,(H,21,25). The fraction of sp³-hybridized carbons (Fsp3) is 0.200. The molecule has 0 saturated carbocycles. The summed E-state index contributed by atoms with van der Waals surface area (Å²) in [4.78, 5) is 33.7. The van der Waals surface area contributed by atoms with Gasteiger partial charge in [0.1, 0.15) is 23.7 Å². The fourth-order valence-corrected chi connectivity index (χ4v) is 2.86. The minimum atomic E-state index is -0.751. The van der Waals surface area contributed by atoms with Gasteiger partial charge in [-0.1, -0.05) is 22.9 Å². The second kappa shape index (κ2) is 8.61. The average Bonchev–Trinajstić information content (AvgIpc) is 3.08. The first-order chi connectivity index (χ1) is 14.7. The molecule has 31 heavy (non-hydrogen) atoms. The van der Waals surface area contributed by atoms with Gasteiger partial charge in [-0.05, 0) is 32.9 Å². The number of benzene rings is 2. The summed E-state index contributed by atoms with van der Waals surface area (Å²) in [6, 6.07) is 9.41. The van der Waals surface area contributed by atoms with Crippen molar-refractivity contribution in [3.63, 3.8) is 0 Å². The summed E-state index contributed by atoms with van der Waals surface area (Å²) < 4.78 is 10.8. The van der Waals surface area contributed by atoms with Crippen LogP contribution < -0.4 is 10.1 Å². The van der Waals surface area contributed by atoms with Crippen LogP contribution in [-0.2, 0) is 6.61 Å². The van der Waals surface area contributed by atoms with Crippen LogP contribution in [-0.4, -0.2) is 20.9 Å². The second-order valence-corrected chi connectivity index (χ2v) is 6.78. The van der Waals surface area contributed by atoms with Crippen LogP contribution in [0.5, 0.6) is 5.75 Å². The third-order valence-corrected chi connectivity index (χ3v) is 4.61. The minimum absolute atomic E-state index is 0.00462. The summed E-state index contributed by atoms with van der Waals surface area (Å²) in [6.07, 6.45) is 0. The van der Waals surface area contributed by atoms with Crippen LogP contribution in [0.15, 0.2) is 40.9 Å². The number of hydrogen-bond donors (Lipinski definition) is 1. The Hall–Kier alpha value is -4.28. The molecule has 160 valence electrons. The van der Waals surface area contributed by atoms with Gasteiger partial charge >= 0.3 is 0 Å². The van der Waals surface area contributed by atoms with Gasteiger partial charge in [-0.25, -0.2) is 0 Å². The molecule has 0 spiro atoms. The highest BCUT2D eigenvalue weighted by Gasteiger charge is 2.26. The molecule has 1 amide bonds. The number of nitrogens with zero attached hydrogens (tertiary/aromatic N) is 3. The molecule has 0 atom stereocenters. The number of nitrogens with one attached hydrogen (secondary N) is 1. The van der Waals surface area contributed by atoms with Gasteiger partial charge in [0.25, 0.3) is 17.3 Å².